The molecule has 0 saturated heterocycles. The molecule has 0 aromatic heterocycles. The van der Waals surface area contributed by atoms with E-state index in [-0.39, 0.29) is 6.42 Å². The number of carboxylic acid groups (broad SMARTS) is 1. The highest BCUT2D eigenvalue weighted by Gasteiger charge is 2.12. The highest BCUT2D eigenvalue weighted by atomic mass is 16.5. The molecule has 2 aromatic carbocycles. The lowest BCUT2D eigenvalue weighted by atomic mass is 10.1. The number of carbonyl (C=O) groups is 1. The maximum absolute atomic E-state index is 10.7. The van der Waals surface area contributed by atoms with Crippen LogP contribution in [-0.4, -0.2) is 24.2 Å². The van der Waals surface area contributed by atoms with Crippen LogP contribution in [0.4, 0.5) is 0 Å². The minimum Gasteiger partial charge on any atom is -0.493 e. The van der Waals surface area contributed by atoms with Gasteiger partial charge < -0.3 is 20.3 Å². The molecule has 0 amide bonds. The minimum atomic E-state index is -1.01. The van der Waals surface area contributed by atoms with Gasteiger partial charge in [-0.25, -0.2) is 0 Å². The zero-order valence-electron chi connectivity index (χ0n) is 11.7. The SMILES string of the molecule is COc1ccccc1Oc1ccc(CC(N)C(=O)O)cc1. The molecule has 0 aliphatic carbocycles. The molecule has 1 unspecified atom stereocenters. The predicted octanol–water partition coefficient (Wildman–Crippen LogP) is 2.44. The molecule has 5 nitrogen and oxygen atoms in total. The summed E-state index contributed by atoms with van der Waals surface area (Å²) in [5.41, 5.74) is 6.35. The summed E-state index contributed by atoms with van der Waals surface area (Å²) in [5, 5.41) is 8.79. The highest BCUT2D eigenvalue weighted by Crippen LogP contribution is 2.30. The normalized spacial score (nSPS) is 11.7. The van der Waals surface area contributed by atoms with Crippen LogP contribution in [0, 0.1) is 0 Å². The van der Waals surface area contributed by atoms with Gasteiger partial charge in [0.05, 0.1) is 7.11 Å². The van der Waals surface area contributed by atoms with E-state index < -0.39 is 12.0 Å². The summed E-state index contributed by atoms with van der Waals surface area (Å²) in [7, 11) is 1.58. The van der Waals surface area contributed by atoms with Crippen LogP contribution in [0.25, 0.3) is 0 Å². The van der Waals surface area contributed by atoms with Crippen LogP contribution in [0.2, 0.25) is 0 Å². The molecule has 0 spiro atoms. The van der Waals surface area contributed by atoms with Crippen LogP contribution < -0.4 is 15.2 Å². The highest BCUT2D eigenvalue weighted by molar-refractivity contribution is 5.73. The summed E-state index contributed by atoms with van der Waals surface area (Å²) in [5.74, 6) is 0.904. The van der Waals surface area contributed by atoms with Crippen molar-refractivity contribution in [3.63, 3.8) is 0 Å². The number of para-hydroxylation sites is 2. The maximum Gasteiger partial charge on any atom is 0.320 e. The molecule has 21 heavy (non-hydrogen) atoms. The topological polar surface area (TPSA) is 81.8 Å². The fraction of sp³-hybridized carbons (Fsp3) is 0.188. The summed E-state index contributed by atoms with van der Waals surface area (Å²) in [6, 6.07) is 13.6. The molecule has 0 radical (unpaired) electrons. The Morgan fingerprint density at radius 3 is 2.33 bits per heavy atom. The van der Waals surface area contributed by atoms with Gasteiger partial charge in [0.25, 0.3) is 0 Å². The van der Waals surface area contributed by atoms with Crippen molar-refractivity contribution in [2.45, 2.75) is 12.5 Å². The standard InChI is InChI=1S/C16H17NO4/c1-20-14-4-2-3-5-15(14)21-12-8-6-11(7-9-12)10-13(17)16(18)19/h2-9,13H,10,17H2,1H3,(H,18,19). The molecule has 0 saturated carbocycles. The lowest BCUT2D eigenvalue weighted by Gasteiger charge is -2.11. The number of carboxylic acids is 1. The van der Waals surface area contributed by atoms with Gasteiger partial charge in [-0.3, -0.25) is 4.79 Å². The van der Waals surface area contributed by atoms with E-state index in [0.29, 0.717) is 17.2 Å². The number of methoxy groups -OCH3 is 1. The van der Waals surface area contributed by atoms with Crippen molar-refractivity contribution in [3.05, 3.63) is 54.1 Å². The summed E-state index contributed by atoms with van der Waals surface area (Å²) >= 11 is 0. The lowest BCUT2D eigenvalue weighted by molar-refractivity contribution is -0.138. The maximum atomic E-state index is 10.7. The second-order valence-electron chi connectivity index (χ2n) is 4.55. The van der Waals surface area contributed by atoms with Crippen molar-refractivity contribution in [3.8, 4) is 17.2 Å². The van der Waals surface area contributed by atoms with Gasteiger partial charge in [0.15, 0.2) is 11.5 Å². The van der Waals surface area contributed by atoms with Gasteiger partial charge in [-0.15, -0.1) is 0 Å². The number of hydrogen-bond donors (Lipinski definition) is 2. The van der Waals surface area contributed by atoms with Crippen LogP contribution in [0.1, 0.15) is 5.56 Å². The summed E-state index contributed by atoms with van der Waals surface area (Å²) < 4.78 is 10.9. The van der Waals surface area contributed by atoms with E-state index in [1.165, 1.54) is 0 Å². The zero-order chi connectivity index (χ0) is 15.2. The van der Waals surface area contributed by atoms with Gasteiger partial charge >= 0.3 is 5.97 Å². The first-order valence-electron chi connectivity index (χ1n) is 6.48. The van der Waals surface area contributed by atoms with Gasteiger partial charge in [-0.1, -0.05) is 24.3 Å². The van der Waals surface area contributed by atoms with Crippen molar-refractivity contribution < 1.29 is 19.4 Å². The zero-order valence-corrected chi connectivity index (χ0v) is 11.7. The summed E-state index contributed by atoms with van der Waals surface area (Å²) in [4.78, 5) is 10.7. The Hall–Kier alpha value is -2.53. The Labute approximate surface area is 122 Å². The molecule has 0 fully saturated rings. The Morgan fingerprint density at radius 1 is 1.14 bits per heavy atom. The summed E-state index contributed by atoms with van der Waals surface area (Å²) in [6.07, 6.45) is 0.282. The van der Waals surface area contributed by atoms with Crippen LogP contribution in [-0.2, 0) is 11.2 Å². The molecular weight excluding hydrogens is 270 g/mol. The van der Waals surface area contributed by atoms with Crippen LogP contribution in [0.5, 0.6) is 17.2 Å². The van der Waals surface area contributed by atoms with E-state index in [1.807, 2.05) is 24.3 Å². The van der Waals surface area contributed by atoms with E-state index in [2.05, 4.69) is 0 Å². The van der Waals surface area contributed by atoms with Gasteiger partial charge in [-0.2, -0.15) is 0 Å². The molecule has 0 bridgehead atoms. The van der Waals surface area contributed by atoms with Crippen molar-refractivity contribution in [2.75, 3.05) is 7.11 Å². The van der Waals surface area contributed by atoms with E-state index in [1.54, 1.807) is 31.4 Å². The summed E-state index contributed by atoms with van der Waals surface area (Å²) in [6.45, 7) is 0. The third kappa shape index (κ3) is 3.97. The second kappa shape index (κ2) is 6.76. The van der Waals surface area contributed by atoms with Crippen LogP contribution in [0.15, 0.2) is 48.5 Å². The number of ether oxygens (including phenoxy) is 2. The van der Waals surface area contributed by atoms with Crippen molar-refractivity contribution in [1.82, 2.24) is 0 Å². The van der Waals surface area contributed by atoms with Gasteiger partial charge in [0.2, 0.25) is 0 Å². The third-order valence-electron chi connectivity index (χ3n) is 2.99. The molecule has 3 N–H and O–H groups in total. The first-order valence-corrected chi connectivity index (χ1v) is 6.48. The largest absolute Gasteiger partial charge is 0.493 e. The Balaban J connectivity index is 2.07. The molecule has 0 aliphatic heterocycles. The molecule has 0 aliphatic rings. The predicted molar refractivity (Wildman–Crippen MR) is 78.8 cm³/mol. The fourth-order valence-electron chi connectivity index (χ4n) is 1.86. The molecular formula is C16H17NO4. The molecule has 2 aromatic rings. The number of benzene rings is 2. The number of aliphatic carboxylic acids is 1. The Kier molecular flexibility index (Phi) is 4.79. The quantitative estimate of drug-likeness (QED) is 0.852. The lowest BCUT2D eigenvalue weighted by Crippen LogP contribution is -2.32. The third-order valence-corrected chi connectivity index (χ3v) is 2.99. The Morgan fingerprint density at radius 2 is 1.76 bits per heavy atom. The second-order valence-corrected chi connectivity index (χ2v) is 4.55. The minimum absolute atomic E-state index is 0.282. The molecule has 2 rings (SSSR count). The molecule has 5 heteroatoms. The van der Waals surface area contributed by atoms with E-state index in [4.69, 9.17) is 20.3 Å². The number of rotatable bonds is 6. The van der Waals surface area contributed by atoms with Crippen molar-refractivity contribution in [2.24, 2.45) is 5.73 Å². The average molecular weight is 287 g/mol. The van der Waals surface area contributed by atoms with Crippen LogP contribution in [0.3, 0.4) is 0 Å². The van der Waals surface area contributed by atoms with Gasteiger partial charge in [0, 0.05) is 0 Å². The molecule has 1 atom stereocenters. The van der Waals surface area contributed by atoms with Gasteiger partial charge in [0.1, 0.15) is 11.8 Å². The first kappa shape index (κ1) is 14.9. The smallest absolute Gasteiger partial charge is 0.320 e. The molecule has 0 heterocycles. The van der Waals surface area contributed by atoms with Crippen molar-refractivity contribution in [1.29, 1.82) is 0 Å². The molecule has 110 valence electrons. The Bertz CT molecular complexity index is 610. The average Bonchev–Trinajstić information content (AvgIpc) is 2.49. The number of nitrogens with two attached hydrogens (primary N) is 1. The monoisotopic (exact) mass is 287 g/mol. The van der Waals surface area contributed by atoms with Crippen molar-refractivity contribution >= 4 is 5.97 Å². The van der Waals surface area contributed by atoms with Gasteiger partial charge in [-0.05, 0) is 36.2 Å². The number of hydrogen-bond acceptors (Lipinski definition) is 4. The van der Waals surface area contributed by atoms with E-state index in [9.17, 15) is 4.79 Å². The van der Waals surface area contributed by atoms with Crippen LogP contribution >= 0.6 is 0 Å². The van der Waals surface area contributed by atoms with E-state index >= 15 is 0 Å². The van der Waals surface area contributed by atoms with E-state index in [0.717, 1.165) is 5.56 Å². The first-order chi connectivity index (χ1) is 10.1. The fourth-order valence-corrected chi connectivity index (χ4v) is 1.86.